The molecule has 1 unspecified atom stereocenters. The van der Waals surface area contributed by atoms with Crippen molar-refractivity contribution in [2.75, 3.05) is 24.6 Å². The quantitative estimate of drug-likeness (QED) is 0.741. The molecule has 1 fully saturated rings. The minimum atomic E-state index is -0.921. The zero-order valence-electron chi connectivity index (χ0n) is 16.1. The maximum absolute atomic E-state index is 13.5. The lowest BCUT2D eigenvalue weighted by atomic mass is 10.1. The largest absolute Gasteiger partial charge is 0.360 e. The molecule has 1 N–H and O–H groups in total. The third-order valence-corrected chi connectivity index (χ3v) is 5.29. The van der Waals surface area contributed by atoms with Gasteiger partial charge < -0.3 is 15.0 Å². The van der Waals surface area contributed by atoms with E-state index in [0.29, 0.717) is 37.1 Å². The Labute approximate surface area is 172 Å². The molecule has 0 radical (unpaired) electrons. The third kappa shape index (κ3) is 4.31. The number of nitrogens with one attached hydrogen (secondary N) is 1. The lowest BCUT2D eigenvalue weighted by Crippen LogP contribution is -2.46. The minimum Gasteiger partial charge on any atom is -0.360 e. The first-order valence-corrected chi connectivity index (χ1v) is 9.66. The summed E-state index contributed by atoms with van der Waals surface area (Å²) in [6, 6.07) is 9.00. The van der Waals surface area contributed by atoms with E-state index >= 15 is 0 Å². The molecule has 30 heavy (non-hydrogen) atoms. The molecule has 2 heterocycles. The number of rotatable bonds is 6. The smallest absolute Gasteiger partial charge is 0.246 e. The van der Waals surface area contributed by atoms with E-state index in [1.807, 2.05) is 23.1 Å². The van der Waals surface area contributed by atoms with E-state index in [0.717, 1.165) is 18.0 Å². The average Bonchev–Trinajstić information content (AvgIpc) is 3.56. The second-order valence-corrected chi connectivity index (χ2v) is 7.44. The fraction of sp³-hybridized carbons (Fsp3) is 0.318. The Morgan fingerprint density at radius 3 is 2.80 bits per heavy atom. The number of nitrogens with zero attached hydrogens (tertiary/aromatic N) is 3. The zero-order chi connectivity index (χ0) is 21.1. The number of anilines is 1. The maximum Gasteiger partial charge on any atom is 0.246 e. The summed E-state index contributed by atoms with van der Waals surface area (Å²) < 4.78 is 32.5. The van der Waals surface area contributed by atoms with E-state index in [1.165, 1.54) is 12.3 Å². The van der Waals surface area contributed by atoms with Crippen LogP contribution < -0.4 is 10.2 Å². The van der Waals surface area contributed by atoms with Crippen LogP contribution in [0.15, 0.2) is 48.7 Å². The molecule has 1 amide bonds. The van der Waals surface area contributed by atoms with Gasteiger partial charge in [-0.25, -0.2) is 13.8 Å². The third-order valence-electron chi connectivity index (χ3n) is 5.29. The highest BCUT2D eigenvalue weighted by atomic mass is 19.2. The summed E-state index contributed by atoms with van der Waals surface area (Å²) in [7, 11) is 0. The average molecular weight is 410 g/mol. The van der Waals surface area contributed by atoms with Gasteiger partial charge in [0.25, 0.3) is 0 Å². The first-order chi connectivity index (χ1) is 14.5. The molecular weight excluding hydrogens is 390 g/mol. The molecule has 1 aromatic carbocycles. The fourth-order valence-corrected chi connectivity index (χ4v) is 3.51. The molecule has 154 valence electrons. The lowest BCUT2D eigenvalue weighted by Gasteiger charge is -2.30. The topological polar surface area (TPSA) is 78.2 Å². The van der Waals surface area contributed by atoms with Crippen LogP contribution in [0.25, 0.3) is 0 Å². The number of nitriles is 1. The lowest BCUT2D eigenvalue weighted by molar-refractivity contribution is -0.129. The standard InChI is InChI=1S/C22H20F2N4O2/c23-18-5-4-16(10-19(18)24)22(7-8-22)30-14-21(29)27-17-2-1-9-28(13-17)20-6-3-15(11-25)12-26-20/h1-6,10,12,17H,7-9,13-14H2,(H,27,29). The molecular formula is C22H20F2N4O2. The van der Waals surface area contributed by atoms with E-state index in [2.05, 4.69) is 10.3 Å². The molecule has 6 nitrogen and oxygen atoms in total. The molecule has 1 aliphatic heterocycles. The molecule has 0 spiro atoms. The summed E-state index contributed by atoms with van der Waals surface area (Å²) in [6.45, 7) is 1.02. The van der Waals surface area contributed by atoms with Crippen molar-refractivity contribution in [1.29, 1.82) is 5.26 Å². The molecule has 2 aromatic rings. The highest BCUT2D eigenvalue weighted by Crippen LogP contribution is 2.49. The Kier molecular flexibility index (Phi) is 5.46. The Hall–Kier alpha value is -3.31. The molecule has 0 saturated heterocycles. The van der Waals surface area contributed by atoms with Gasteiger partial charge in [0.05, 0.1) is 17.2 Å². The SMILES string of the molecule is N#Cc1ccc(N2CC=CC(NC(=O)COC3(c4ccc(F)c(F)c4)CC3)C2)nc1. The summed E-state index contributed by atoms with van der Waals surface area (Å²) in [6.07, 6.45) is 6.70. The van der Waals surface area contributed by atoms with Gasteiger partial charge in [0.15, 0.2) is 11.6 Å². The number of hydrogen-bond donors (Lipinski definition) is 1. The van der Waals surface area contributed by atoms with E-state index in [9.17, 15) is 13.6 Å². The molecule has 8 heteroatoms. The fourth-order valence-electron chi connectivity index (χ4n) is 3.51. The Balaban J connectivity index is 1.31. The Morgan fingerprint density at radius 2 is 2.13 bits per heavy atom. The van der Waals surface area contributed by atoms with Gasteiger partial charge in [0, 0.05) is 19.3 Å². The number of pyridine rings is 1. The number of benzene rings is 1. The highest BCUT2D eigenvalue weighted by molar-refractivity contribution is 5.78. The molecule has 4 rings (SSSR count). The van der Waals surface area contributed by atoms with Crippen LogP contribution in [0.5, 0.6) is 0 Å². The molecule has 1 atom stereocenters. The minimum absolute atomic E-state index is 0.168. The van der Waals surface area contributed by atoms with Crippen molar-refractivity contribution in [3.63, 3.8) is 0 Å². The maximum atomic E-state index is 13.5. The first kappa shape index (κ1) is 20.0. The van der Waals surface area contributed by atoms with Crippen LogP contribution in [0.1, 0.15) is 24.0 Å². The van der Waals surface area contributed by atoms with Crippen LogP contribution in [-0.2, 0) is 15.1 Å². The van der Waals surface area contributed by atoms with Crippen molar-refractivity contribution in [3.05, 3.63) is 71.4 Å². The Morgan fingerprint density at radius 1 is 1.30 bits per heavy atom. The number of carbonyl (C=O) groups excluding carboxylic acids is 1. The second-order valence-electron chi connectivity index (χ2n) is 7.44. The van der Waals surface area contributed by atoms with E-state index < -0.39 is 17.2 Å². The van der Waals surface area contributed by atoms with E-state index in [-0.39, 0.29) is 18.6 Å². The van der Waals surface area contributed by atoms with Crippen LogP contribution in [0, 0.1) is 23.0 Å². The van der Waals surface area contributed by atoms with Crippen molar-refractivity contribution in [1.82, 2.24) is 10.3 Å². The van der Waals surface area contributed by atoms with Gasteiger partial charge >= 0.3 is 0 Å². The van der Waals surface area contributed by atoms with Gasteiger partial charge in [0.2, 0.25) is 5.91 Å². The molecule has 0 bridgehead atoms. The number of halogens is 2. The number of hydrogen-bond acceptors (Lipinski definition) is 5. The number of amides is 1. The Bertz CT molecular complexity index is 1010. The van der Waals surface area contributed by atoms with Gasteiger partial charge in [-0.15, -0.1) is 0 Å². The van der Waals surface area contributed by atoms with Crippen LogP contribution in [0.3, 0.4) is 0 Å². The van der Waals surface area contributed by atoms with Gasteiger partial charge in [-0.2, -0.15) is 5.26 Å². The predicted molar refractivity (Wildman–Crippen MR) is 105 cm³/mol. The summed E-state index contributed by atoms with van der Waals surface area (Å²) >= 11 is 0. The number of aromatic nitrogens is 1. The summed E-state index contributed by atoms with van der Waals surface area (Å²) in [5, 5.41) is 11.8. The zero-order valence-corrected chi connectivity index (χ0v) is 16.1. The first-order valence-electron chi connectivity index (χ1n) is 9.66. The van der Waals surface area contributed by atoms with E-state index in [1.54, 1.807) is 12.1 Å². The molecule has 1 aliphatic carbocycles. The van der Waals surface area contributed by atoms with Crippen LogP contribution in [0.2, 0.25) is 0 Å². The van der Waals surface area contributed by atoms with Crippen LogP contribution >= 0.6 is 0 Å². The number of carbonyl (C=O) groups is 1. The molecule has 1 saturated carbocycles. The highest BCUT2D eigenvalue weighted by Gasteiger charge is 2.46. The predicted octanol–water partition coefficient (Wildman–Crippen LogP) is 2.80. The number of ether oxygens (including phenoxy) is 1. The summed E-state index contributed by atoms with van der Waals surface area (Å²) in [5.74, 6) is -1.38. The van der Waals surface area contributed by atoms with Gasteiger partial charge in [-0.05, 0) is 42.7 Å². The van der Waals surface area contributed by atoms with Crippen molar-refractivity contribution < 1.29 is 18.3 Å². The van der Waals surface area contributed by atoms with Crippen LogP contribution in [0.4, 0.5) is 14.6 Å². The monoisotopic (exact) mass is 410 g/mol. The van der Waals surface area contributed by atoms with Crippen molar-refractivity contribution in [3.8, 4) is 6.07 Å². The molecule has 1 aromatic heterocycles. The van der Waals surface area contributed by atoms with Gasteiger partial charge in [-0.3, -0.25) is 4.79 Å². The van der Waals surface area contributed by atoms with Crippen molar-refractivity contribution in [2.45, 2.75) is 24.5 Å². The van der Waals surface area contributed by atoms with Gasteiger partial charge in [-0.1, -0.05) is 18.2 Å². The summed E-state index contributed by atoms with van der Waals surface area (Å²) in [5.41, 5.74) is 0.320. The molecule has 2 aliphatic rings. The second kappa shape index (κ2) is 8.20. The van der Waals surface area contributed by atoms with Gasteiger partial charge in [0.1, 0.15) is 18.5 Å². The van der Waals surface area contributed by atoms with Crippen LogP contribution in [-0.4, -0.2) is 36.6 Å². The van der Waals surface area contributed by atoms with Crippen molar-refractivity contribution >= 4 is 11.7 Å². The van der Waals surface area contributed by atoms with Crippen molar-refractivity contribution in [2.24, 2.45) is 0 Å². The normalized spacial score (nSPS) is 19.2. The van der Waals surface area contributed by atoms with E-state index in [4.69, 9.17) is 10.00 Å². The summed E-state index contributed by atoms with van der Waals surface area (Å²) in [4.78, 5) is 18.7.